The molecule has 0 radical (unpaired) electrons. The summed E-state index contributed by atoms with van der Waals surface area (Å²) in [7, 11) is 0. The Balaban J connectivity index is 2.41. The summed E-state index contributed by atoms with van der Waals surface area (Å²) < 4.78 is 0. The van der Waals surface area contributed by atoms with Gasteiger partial charge in [-0.15, -0.1) is 0 Å². The van der Waals surface area contributed by atoms with E-state index in [1.807, 2.05) is 0 Å². The van der Waals surface area contributed by atoms with E-state index in [-0.39, 0.29) is 11.2 Å². The van der Waals surface area contributed by atoms with Gasteiger partial charge in [-0.2, -0.15) is 5.10 Å². The smallest absolute Gasteiger partial charge is 0.239 e. The molecule has 1 amide bonds. The second-order valence-corrected chi connectivity index (χ2v) is 3.86. The first-order valence-corrected chi connectivity index (χ1v) is 4.91. The van der Waals surface area contributed by atoms with E-state index in [4.69, 9.17) is 5.84 Å². The molecule has 0 aromatic carbocycles. The van der Waals surface area contributed by atoms with E-state index in [1.165, 1.54) is 11.8 Å². The van der Waals surface area contributed by atoms with Gasteiger partial charge in [0.05, 0.1) is 5.25 Å². The predicted octanol–water partition coefficient (Wildman–Crippen LogP) is 0.638. The summed E-state index contributed by atoms with van der Waals surface area (Å²) in [6, 6.07) is 0. The molecule has 0 saturated carbocycles. The van der Waals surface area contributed by atoms with Gasteiger partial charge in [0.1, 0.15) is 0 Å². The SMILES string of the molecule is CCCCC1SC(=NN)NC1=O. The van der Waals surface area contributed by atoms with E-state index in [2.05, 4.69) is 17.3 Å². The molecule has 1 aliphatic heterocycles. The van der Waals surface area contributed by atoms with Crippen molar-refractivity contribution in [2.45, 2.75) is 31.4 Å². The van der Waals surface area contributed by atoms with Crippen molar-refractivity contribution >= 4 is 22.8 Å². The molecule has 12 heavy (non-hydrogen) atoms. The van der Waals surface area contributed by atoms with Crippen molar-refractivity contribution < 1.29 is 4.79 Å². The first-order chi connectivity index (χ1) is 5.77. The van der Waals surface area contributed by atoms with Crippen LogP contribution in [0.25, 0.3) is 0 Å². The van der Waals surface area contributed by atoms with Crippen LogP contribution in [-0.2, 0) is 4.79 Å². The van der Waals surface area contributed by atoms with E-state index in [0.29, 0.717) is 5.17 Å². The summed E-state index contributed by atoms with van der Waals surface area (Å²) in [6.07, 6.45) is 3.09. The zero-order valence-corrected chi connectivity index (χ0v) is 7.86. The minimum absolute atomic E-state index is 0.0206. The minimum Gasteiger partial charge on any atom is -0.321 e. The van der Waals surface area contributed by atoms with Crippen LogP contribution in [0.5, 0.6) is 0 Å². The van der Waals surface area contributed by atoms with Crippen LogP contribution in [0.15, 0.2) is 5.10 Å². The van der Waals surface area contributed by atoms with Gasteiger partial charge in [0.15, 0.2) is 5.17 Å². The molecule has 1 fully saturated rings. The van der Waals surface area contributed by atoms with Gasteiger partial charge in [0.25, 0.3) is 0 Å². The van der Waals surface area contributed by atoms with Gasteiger partial charge in [-0.25, -0.2) is 0 Å². The van der Waals surface area contributed by atoms with Crippen molar-refractivity contribution in [3.63, 3.8) is 0 Å². The molecule has 1 atom stereocenters. The highest BCUT2D eigenvalue weighted by atomic mass is 32.2. The predicted molar refractivity (Wildman–Crippen MR) is 50.7 cm³/mol. The molecule has 0 bridgehead atoms. The monoisotopic (exact) mass is 187 g/mol. The number of carbonyl (C=O) groups is 1. The quantitative estimate of drug-likeness (QED) is 0.503. The van der Waals surface area contributed by atoms with Gasteiger partial charge in [-0.3, -0.25) is 4.79 Å². The van der Waals surface area contributed by atoms with Gasteiger partial charge in [-0.05, 0) is 6.42 Å². The van der Waals surface area contributed by atoms with E-state index in [0.717, 1.165) is 19.3 Å². The molecular weight excluding hydrogens is 174 g/mol. The highest BCUT2D eigenvalue weighted by molar-refractivity contribution is 8.15. The molecule has 0 spiro atoms. The third-order valence-electron chi connectivity index (χ3n) is 1.71. The summed E-state index contributed by atoms with van der Waals surface area (Å²) in [6.45, 7) is 2.11. The molecule has 4 nitrogen and oxygen atoms in total. The summed E-state index contributed by atoms with van der Waals surface area (Å²) >= 11 is 1.42. The molecule has 0 aromatic heterocycles. The van der Waals surface area contributed by atoms with Gasteiger partial charge in [-0.1, -0.05) is 31.5 Å². The number of nitrogens with zero attached hydrogens (tertiary/aromatic N) is 1. The van der Waals surface area contributed by atoms with Gasteiger partial charge in [0.2, 0.25) is 5.91 Å². The van der Waals surface area contributed by atoms with E-state index in [9.17, 15) is 4.79 Å². The summed E-state index contributed by atoms with van der Waals surface area (Å²) in [5.74, 6) is 5.08. The lowest BCUT2D eigenvalue weighted by Crippen LogP contribution is -2.25. The molecule has 5 heteroatoms. The Morgan fingerprint density at radius 2 is 2.50 bits per heavy atom. The maximum Gasteiger partial charge on any atom is 0.239 e. The average molecular weight is 187 g/mol. The topological polar surface area (TPSA) is 67.5 Å². The number of nitrogens with two attached hydrogens (primary N) is 1. The minimum atomic E-state index is 0.0206. The molecule has 1 rings (SSSR count). The molecule has 1 saturated heterocycles. The molecule has 1 unspecified atom stereocenters. The maximum absolute atomic E-state index is 11.2. The average Bonchev–Trinajstić information content (AvgIpc) is 2.43. The Morgan fingerprint density at radius 3 is 3.00 bits per heavy atom. The number of unbranched alkanes of at least 4 members (excludes halogenated alkanes) is 1. The number of rotatable bonds is 3. The van der Waals surface area contributed by atoms with Crippen LogP contribution in [0.4, 0.5) is 0 Å². The Hall–Kier alpha value is -0.710. The van der Waals surface area contributed by atoms with E-state index in [1.54, 1.807) is 0 Å². The highest BCUT2D eigenvalue weighted by Crippen LogP contribution is 2.23. The molecule has 1 heterocycles. The maximum atomic E-state index is 11.2. The highest BCUT2D eigenvalue weighted by Gasteiger charge is 2.29. The molecule has 0 aromatic rings. The summed E-state index contributed by atoms with van der Waals surface area (Å²) in [5, 5.41) is 6.62. The third-order valence-corrected chi connectivity index (χ3v) is 2.88. The Kier molecular flexibility index (Phi) is 3.40. The zero-order chi connectivity index (χ0) is 8.97. The number of nitrogens with one attached hydrogen (secondary N) is 1. The zero-order valence-electron chi connectivity index (χ0n) is 7.04. The fraction of sp³-hybridized carbons (Fsp3) is 0.714. The second-order valence-electron chi connectivity index (χ2n) is 2.67. The van der Waals surface area contributed by atoms with Crippen LogP contribution in [0.2, 0.25) is 0 Å². The van der Waals surface area contributed by atoms with Crippen molar-refractivity contribution in [1.29, 1.82) is 0 Å². The van der Waals surface area contributed by atoms with Crippen LogP contribution in [0, 0.1) is 0 Å². The summed E-state index contributed by atoms with van der Waals surface area (Å²) in [5.41, 5.74) is 0. The third kappa shape index (κ3) is 2.14. The van der Waals surface area contributed by atoms with Crippen LogP contribution >= 0.6 is 11.8 Å². The van der Waals surface area contributed by atoms with E-state index >= 15 is 0 Å². The Bertz CT molecular complexity index is 205. The number of carbonyl (C=O) groups excluding carboxylic acids is 1. The van der Waals surface area contributed by atoms with Gasteiger partial charge >= 0.3 is 0 Å². The van der Waals surface area contributed by atoms with E-state index < -0.39 is 0 Å². The standard InChI is InChI=1S/C7H13N3OS/c1-2-3-4-5-6(11)9-7(10-8)12-5/h5H,2-4,8H2,1H3,(H,9,10,11). The molecule has 0 aliphatic carbocycles. The lowest BCUT2D eigenvalue weighted by molar-refractivity contribution is -0.118. The van der Waals surface area contributed by atoms with Gasteiger partial charge in [0, 0.05) is 0 Å². The fourth-order valence-electron chi connectivity index (χ4n) is 1.05. The van der Waals surface area contributed by atoms with Crippen LogP contribution in [-0.4, -0.2) is 16.3 Å². The Labute approximate surface area is 76.0 Å². The number of thioether (sulfide) groups is 1. The second kappa shape index (κ2) is 4.35. The number of hydrogen-bond donors (Lipinski definition) is 2. The number of amides is 1. The number of hydrazone groups is 1. The molecule has 3 N–H and O–H groups in total. The van der Waals surface area contributed by atoms with Crippen molar-refractivity contribution in [2.75, 3.05) is 0 Å². The number of hydrogen-bond acceptors (Lipinski definition) is 4. The lowest BCUT2D eigenvalue weighted by atomic mass is 10.2. The largest absolute Gasteiger partial charge is 0.321 e. The first-order valence-electron chi connectivity index (χ1n) is 4.03. The fourth-order valence-corrected chi connectivity index (χ4v) is 1.99. The first kappa shape index (κ1) is 9.38. The van der Waals surface area contributed by atoms with Crippen molar-refractivity contribution in [3.8, 4) is 0 Å². The number of amidine groups is 1. The lowest BCUT2D eigenvalue weighted by Gasteiger charge is -2.01. The Morgan fingerprint density at radius 1 is 1.75 bits per heavy atom. The van der Waals surface area contributed by atoms with Gasteiger partial charge < -0.3 is 11.2 Å². The molecular formula is C7H13N3OS. The normalized spacial score (nSPS) is 26.2. The van der Waals surface area contributed by atoms with Crippen LogP contribution in [0.1, 0.15) is 26.2 Å². The van der Waals surface area contributed by atoms with Crippen LogP contribution in [0.3, 0.4) is 0 Å². The van der Waals surface area contributed by atoms with Crippen LogP contribution < -0.4 is 11.2 Å². The van der Waals surface area contributed by atoms with Crippen molar-refractivity contribution in [3.05, 3.63) is 0 Å². The van der Waals surface area contributed by atoms with Crippen molar-refractivity contribution in [2.24, 2.45) is 10.9 Å². The van der Waals surface area contributed by atoms with Crippen molar-refractivity contribution in [1.82, 2.24) is 5.32 Å². The molecule has 68 valence electrons. The summed E-state index contributed by atoms with van der Waals surface area (Å²) in [4.78, 5) is 11.2. The molecule has 1 aliphatic rings.